The summed E-state index contributed by atoms with van der Waals surface area (Å²) in [7, 11) is 3.63. The van der Waals surface area contributed by atoms with E-state index >= 15 is 0 Å². The number of nitrogen functional groups attached to an aromatic ring is 1. The normalized spacial score (nSPS) is 10.2. The Morgan fingerprint density at radius 2 is 2.14 bits per heavy atom. The Morgan fingerprint density at radius 3 is 2.57 bits per heavy atom. The first-order valence-electron chi connectivity index (χ1n) is 3.98. The van der Waals surface area contributed by atoms with Gasteiger partial charge in [-0.2, -0.15) is 0 Å². The molecular weight excluding hydrogens is 184 g/mol. The molecule has 0 saturated heterocycles. The van der Waals surface area contributed by atoms with Crippen LogP contribution in [0.4, 0.5) is 17.1 Å². The van der Waals surface area contributed by atoms with Gasteiger partial charge in [0.2, 0.25) is 0 Å². The summed E-state index contributed by atoms with van der Waals surface area (Å²) < 4.78 is 0. The van der Waals surface area contributed by atoms with Gasteiger partial charge < -0.3 is 11.2 Å². The van der Waals surface area contributed by atoms with Crippen LogP contribution in [-0.4, -0.2) is 24.0 Å². The average molecular weight is 196 g/mol. The van der Waals surface area contributed by atoms with Gasteiger partial charge in [0.05, 0.1) is 10.6 Å². The van der Waals surface area contributed by atoms with Gasteiger partial charge in [-0.3, -0.25) is 10.1 Å². The average Bonchev–Trinajstić information content (AvgIpc) is 2.01. The summed E-state index contributed by atoms with van der Waals surface area (Å²) in [5.41, 5.74) is 9.24. The van der Waals surface area contributed by atoms with E-state index in [0.29, 0.717) is 0 Å². The number of nitrogens with two attached hydrogens (primary N) is 1. The highest BCUT2D eigenvalue weighted by Gasteiger charge is 2.10. The number of nitrogens with one attached hydrogen (secondary N) is 1. The molecule has 14 heavy (non-hydrogen) atoms. The monoisotopic (exact) mass is 196 g/mol. The van der Waals surface area contributed by atoms with E-state index in [9.17, 15) is 10.1 Å². The van der Waals surface area contributed by atoms with Crippen molar-refractivity contribution >= 4 is 17.1 Å². The van der Waals surface area contributed by atoms with Crippen molar-refractivity contribution in [1.82, 2.24) is 5.01 Å². The summed E-state index contributed by atoms with van der Waals surface area (Å²) in [5, 5.41) is 12.2. The highest BCUT2D eigenvalue weighted by molar-refractivity contribution is 5.65. The van der Waals surface area contributed by atoms with Crippen LogP contribution in [0.3, 0.4) is 0 Å². The first-order chi connectivity index (χ1) is 6.50. The molecule has 1 rings (SSSR count). The lowest BCUT2D eigenvalue weighted by molar-refractivity contribution is -0.383. The molecular formula is C8H12N4O2. The first-order valence-corrected chi connectivity index (χ1v) is 3.98. The number of nitro benzene ring substituents is 1. The Bertz CT molecular complexity index is 351. The molecule has 0 unspecified atom stereocenters. The van der Waals surface area contributed by atoms with Gasteiger partial charge in [0, 0.05) is 20.2 Å². The zero-order chi connectivity index (χ0) is 10.7. The zero-order valence-corrected chi connectivity index (χ0v) is 8.02. The minimum absolute atomic E-state index is 0.0747. The van der Waals surface area contributed by atoms with Gasteiger partial charge in [-0.1, -0.05) is 0 Å². The van der Waals surface area contributed by atoms with Gasteiger partial charge in [-0.25, -0.2) is 5.01 Å². The van der Waals surface area contributed by atoms with Crippen LogP contribution >= 0.6 is 0 Å². The molecule has 0 aliphatic carbocycles. The number of nitro groups is 1. The Balaban J connectivity index is 2.94. The number of anilines is 2. The molecule has 0 radical (unpaired) electrons. The van der Waals surface area contributed by atoms with Crippen molar-refractivity contribution in [3.05, 3.63) is 28.3 Å². The van der Waals surface area contributed by atoms with E-state index in [1.165, 1.54) is 12.1 Å². The van der Waals surface area contributed by atoms with Gasteiger partial charge in [-0.05, 0) is 12.1 Å². The minimum atomic E-state index is -0.505. The van der Waals surface area contributed by atoms with Crippen LogP contribution in [0.2, 0.25) is 0 Å². The van der Waals surface area contributed by atoms with Gasteiger partial charge in [0.15, 0.2) is 0 Å². The van der Waals surface area contributed by atoms with E-state index in [2.05, 4.69) is 5.43 Å². The molecule has 1 aromatic carbocycles. The third-order valence-electron chi connectivity index (χ3n) is 1.58. The highest BCUT2D eigenvalue weighted by atomic mass is 16.6. The van der Waals surface area contributed by atoms with Gasteiger partial charge in [-0.15, -0.1) is 0 Å². The molecule has 0 atom stereocenters. The lowest BCUT2D eigenvalue weighted by Crippen LogP contribution is -2.19. The highest BCUT2D eigenvalue weighted by Crippen LogP contribution is 2.24. The lowest BCUT2D eigenvalue weighted by Gasteiger charge is -2.13. The predicted octanol–water partition coefficient (Wildman–Crippen LogP) is 1.07. The SMILES string of the molecule is CN(C)Nc1ccc([N+](=O)[O-])c(N)c1. The van der Waals surface area contributed by atoms with Crippen LogP contribution in [-0.2, 0) is 0 Å². The van der Waals surface area contributed by atoms with Gasteiger partial charge in [0.25, 0.3) is 5.69 Å². The Hall–Kier alpha value is -1.82. The maximum absolute atomic E-state index is 10.4. The molecule has 0 amide bonds. The number of hydrazine groups is 1. The Kier molecular flexibility index (Phi) is 2.88. The van der Waals surface area contributed by atoms with Crippen molar-refractivity contribution in [3.8, 4) is 0 Å². The molecule has 0 spiro atoms. The number of hydrogen-bond donors (Lipinski definition) is 2. The van der Waals surface area contributed by atoms with Gasteiger partial charge in [0.1, 0.15) is 5.69 Å². The minimum Gasteiger partial charge on any atom is -0.393 e. The Morgan fingerprint density at radius 1 is 1.50 bits per heavy atom. The van der Waals surface area contributed by atoms with E-state index in [1.807, 2.05) is 14.1 Å². The number of rotatable bonds is 3. The van der Waals surface area contributed by atoms with Crippen LogP contribution in [0.25, 0.3) is 0 Å². The second-order valence-corrected chi connectivity index (χ2v) is 3.04. The van der Waals surface area contributed by atoms with Crippen LogP contribution in [0, 0.1) is 10.1 Å². The molecule has 0 aromatic heterocycles. The van der Waals surface area contributed by atoms with E-state index in [4.69, 9.17) is 5.73 Å². The zero-order valence-electron chi connectivity index (χ0n) is 8.02. The maximum atomic E-state index is 10.4. The third kappa shape index (κ3) is 2.33. The van der Waals surface area contributed by atoms with Crippen molar-refractivity contribution in [1.29, 1.82) is 0 Å². The predicted molar refractivity (Wildman–Crippen MR) is 54.8 cm³/mol. The summed E-state index contributed by atoms with van der Waals surface area (Å²) in [6, 6.07) is 4.51. The summed E-state index contributed by atoms with van der Waals surface area (Å²) >= 11 is 0. The molecule has 0 bridgehead atoms. The molecule has 6 heteroatoms. The molecule has 6 nitrogen and oxygen atoms in total. The van der Waals surface area contributed by atoms with Crippen LogP contribution in [0.5, 0.6) is 0 Å². The summed E-state index contributed by atoms with van der Waals surface area (Å²) in [6.07, 6.45) is 0. The van der Waals surface area contributed by atoms with Gasteiger partial charge >= 0.3 is 0 Å². The van der Waals surface area contributed by atoms with E-state index in [0.717, 1.165) is 5.69 Å². The summed E-state index contributed by atoms with van der Waals surface area (Å²) in [6.45, 7) is 0. The third-order valence-corrected chi connectivity index (χ3v) is 1.58. The lowest BCUT2D eigenvalue weighted by atomic mass is 10.2. The molecule has 76 valence electrons. The van der Waals surface area contributed by atoms with E-state index < -0.39 is 4.92 Å². The van der Waals surface area contributed by atoms with Crippen molar-refractivity contribution < 1.29 is 4.92 Å². The summed E-state index contributed by atoms with van der Waals surface area (Å²) in [4.78, 5) is 9.94. The van der Waals surface area contributed by atoms with Crippen LogP contribution < -0.4 is 11.2 Å². The van der Waals surface area contributed by atoms with E-state index in [1.54, 1.807) is 11.1 Å². The number of nitrogens with zero attached hydrogens (tertiary/aromatic N) is 2. The molecule has 0 aliphatic heterocycles. The number of benzene rings is 1. The van der Waals surface area contributed by atoms with Crippen molar-refractivity contribution in [2.24, 2.45) is 0 Å². The van der Waals surface area contributed by atoms with Crippen LogP contribution in [0.1, 0.15) is 0 Å². The summed E-state index contributed by atoms with van der Waals surface area (Å²) in [5.74, 6) is 0. The standard InChI is InChI=1S/C8H12N4O2/c1-11(2)10-6-3-4-8(12(13)14)7(9)5-6/h3-5,10H,9H2,1-2H3. The molecule has 0 fully saturated rings. The fourth-order valence-electron chi connectivity index (χ4n) is 1.05. The fraction of sp³-hybridized carbons (Fsp3) is 0.250. The quantitative estimate of drug-likeness (QED) is 0.429. The van der Waals surface area contributed by atoms with Crippen LogP contribution in [0.15, 0.2) is 18.2 Å². The second kappa shape index (κ2) is 3.93. The van der Waals surface area contributed by atoms with E-state index in [-0.39, 0.29) is 11.4 Å². The molecule has 3 N–H and O–H groups in total. The second-order valence-electron chi connectivity index (χ2n) is 3.04. The largest absolute Gasteiger partial charge is 0.393 e. The molecule has 0 aliphatic rings. The first kappa shape index (κ1) is 10.3. The maximum Gasteiger partial charge on any atom is 0.292 e. The smallest absolute Gasteiger partial charge is 0.292 e. The molecule has 0 heterocycles. The Labute approximate surface area is 81.4 Å². The topological polar surface area (TPSA) is 84.4 Å². The number of hydrogen-bond acceptors (Lipinski definition) is 5. The van der Waals surface area contributed by atoms with Crippen molar-refractivity contribution in [3.63, 3.8) is 0 Å². The molecule has 1 aromatic rings. The fourth-order valence-corrected chi connectivity index (χ4v) is 1.05. The molecule has 0 saturated carbocycles. The van der Waals surface area contributed by atoms with Crippen molar-refractivity contribution in [2.75, 3.05) is 25.3 Å². The van der Waals surface area contributed by atoms with Crippen molar-refractivity contribution in [2.45, 2.75) is 0 Å².